The number of likely N-dealkylation sites (tertiary alicyclic amines) is 1. The van der Waals surface area contributed by atoms with Crippen molar-refractivity contribution < 1.29 is 9.53 Å². The molecule has 0 aromatic heterocycles. The third-order valence-electron chi connectivity index (χ3n) is 9.44. The highest BCUT2D eigenvalue weighted by atomic mass is 79.9. The largest absolute Gasteiger partial charge is 0.492 e. The molecule has 2 aromatic carbocycles. The molecule has 2 aromatic rings. The highest BCUT2D eigenvalue weighted by Gasteiger charge is 2.53. The molecule has 1 spiro atoms. The first-order valence-corrected chi connectivity index (χ1v) is 14.4. The second-order valence-corrected chi connectivity index (χ2v) is 12.0. The minimum Gasteiger partial charge on any atom is -0.492 e. The standard InChI is InChI=1S/C30H37BrN2O2/c31-26-13-7-12-24-28(26)35-17-15-30(24)20-32-19-25(30)29(34)33-16-14-23(21-8-3-1-4-9-21)18-27(33)22-10-5-2-6-11-22/h1,3-4,7-9,12-13,22-23,25,27,32H,2,5-6,10-11,14-20H2/t23-,25?,27+,30+/m1/s1. The van der Waals surface area contributed by atoms with Gasteiger partial charge >= 0.3 is 0 Å². The Morgan fingerprint density at radius 3 is 2.69 bits per heavy atom. The highest BCUT2D eigenvalue weighted by Crippen LogP contribution is 2.50. The predicted molar refractivity (Wildman–Crippen MR) is 143 cm³/mol. The summed E-state index contributed by atoms with van der Waals surface area (Å²) in [6, 6.07) is 17.7. The molecule has 1 unspecified atom stereocenters. The van der Waals surface area contributed by atoms with Crippen LogP contribution in [0.3, 0.4) is 0 Å². The number of para-hydroxylation sites is 1. The SMILES string of the molecule is O=C(C1CNC[C@]12CCOc1c(Br)cccc12)N1CC[C@@H](c2ccccc2)C[C@H]1C1CCCCC1. The summed E-state index contributed by atoms with van der Waals surface area (Å²) in [7, 11) is 0. The molecular formula is C30H37BrN2O2. The summed E-state index contributed by atoms with van der Waals surface area (Å²) >= 11 is 3.70. The fourth-order valence-corrected chi connectivity index (χ4v) is 8.09. The molecule has 186 valence electrons. The molecule has 1 aliphatic carbocycles. The van der Waals surface area contributed by atoms with Crippen molar-refractivity contribution in [2.75, 3.05) is 26.2 Å². The van der Waals surface area contributed by atoms with Crippen molar-refractivity contribution in [3.05, 3.63) is 64.1 Å². The smallest absolute Gasteiger partial charge is 0.228 e. The lowest BCUT2D eigenvalue weighted by molar-refractivity contribution is -0.143. The Balaban J connectivity index is 1.31. The predicted octanol–water partition coefficient (Wildman–Crippen LogP) is 6.04. The molecule has 2 saturated heterocycles. The van der Waals surface area contributed by atoms with Gasteiger partial charge in [0.2, 0.25) is 5.91 Å². The Kier molecular flexibility index (Phi) is 6.66. The second-order valence-electron chi connectivity index (χ2n) is 11.2. The molecule has 1 N–H and O–H groups in total. The first-order valence-electron chi connectivity index (χ1n) is 13.7. The Hall–Kier alpha value is -1.85. The molecule has 0 radical (unpaired) electrons. The fraction of sp³-hybridized carbons (Fsp3) is 0.567. The van der Waals surface area contributed by atoms with Crippen LogP contribution in [-0.2, 0) is 10.2 Å². The van der Waals surface area contributed by atoms with Crippen molar-refractivity contribution in [1.29, 1.82) is 0 Å². The Morgan fingerprint density at radius 1 is 1.03 bits per heavy atom. The summed E-state index contributed by atoms with van der Waals surface area (Å²) in [4.78, 5) is 16.8. The van der Waals surface area contributed by atoms with E-state index in [1.165, 1.54) is 43.2 Å². The van der Waals surface area contributed by atoms with E-state index >= 15 is 0 Å². The zero-order valence-electron chi connectivity index (χ0n) is 20.6. The molecule has 35 heavy (non-hydrogen) atoms. The van der Waals surface area contributed by atoms with Gasteiger partial charge in [0.05, 0.1) is 17.0 Å². The van der Waals surface area contributed by atoms with E-state index in [4.69, 9.17) is 4.74 Å². The van der Waals surface area contributed by atoms with E-state index < -0.39 is 0 Å². The zero-order chi connectivity index (χ0) is 23.8. The van der Waals surface area contributed by atoms with Crippen LogP contribution in [0.15, 0.2) is 53.0 Å². The van der Waals surface area contributed by atoms with Crippen LogP contribution in [0.1, 0.15) is 68.4 Å². The number of hydrogen-bond donors (Lipinski definition) is 1. The van der Waals surface area contributed by atoms with Gasteiger partial charge in [-0.3, -0.25) is 4.79 Å². The molecule has 6 rings (SSSR count). The summed E-state index contributed by atoms with van der Waals surface area (Å²) in [5.74, 6) is 2.49. The van der Waals surface area contributed by atoms with Crippen LogP contribution in [0, 0.1) is 11.8 Å². The maximum absolute atomic E-state index is 14.5. The van der Waals surface area contributed by atoms with Crippen molar-refractivity contribution >= 4 is 21.8 Å². The van der Waals surface area contributed by atoms with E-state index in [1.807, 2.05) is 6.07 Å². The molecule has 1 saturated carbocycles. The summed E-state index contributed by atoms with van der Waals surface area (Å²) in [5, 5.41) is 3.62. The monoisotopic (exact) mass is 536 g/mol. The average Bonchev–Trinajstić information content (AvgIpc) is 3.33. The number of carbonyl (C=O) groups excluding carboxylic acids is 1. The first-order chi connectivity index (χ1) is 17.2. The minimum atomic E-state index is -0.179. The van der Waals surface area contributed by atoms with Gasteiger partial charge in [0.15, 0.2) is 0 Å². The second kappa shape index (κ2) is 9.89. The summed E-state index contributed by atoms with van der Waals surface area (Å²) in [6.45, 7) is 3.17. The van der Waals surface area contributed by atoms with Crippen LogP contribution >= 0.6 is 15.9 Å². The zero-order valence-corrected chi connectivity index (χ0v) is 22.1. The van der Waals surface area contributed by atoms with E-state index in [0.29, 0.717) is 30.4 Å². The molecule has 3 aliphatic heterocycles. The van der Waals surface area contributed by atoms with Gasteiger partial charge < -0.3 is 15.0 Å². The number of piperidine rings is 1. The van der Waals surface area contributed by atoms with Gasteiger partial charge in [-0.25, -0.2) is 0 Å². The van der Waals surface area contributed by atoms with E-state index in [-0.39, 0.29) is 11.3 Å². The number of hydrogen-bond acceptors (Lipinski definition) is 3. The number of ether oxygens (including phenoxy) is 1. The van der Waals surface area contributed by atoms with Crippen LogP contribution in [0.4, 0.5) is 0 Å². The molecule has 4 nitrogen and oxygen atoms in total. The maximum Gasteiger partial charge on any atom is 0.228 e. The number of benzene rings is 2. The quantitative estimate of drug-likeness (QED) is 0.519. The topological polar surface area (TPSA) is 41.6 Å². The molecule has 3 heterocycles. The van der Waals surface area contributed by atoms with Gasteiger partial charge in [-0.1, -0.05) is 61.7 Å². The van der Waals surface area contributed by atoms with Crippen LogP contribution in [0.25, 0.3) is 0 Å². The third kappa shape index (κ3) is 4.23. The number of nitrogens with one attached hydrogen (secondary N) is 1. The Labute approximate surface area is 217 Å². The normalized spacial score (nSPS) is 31.2. The van der Waals surface area contributed by atoms with Crippen LogP contribution in [0.5, 0.6) is 5.75 Å². The molecule has 1 amide bonds. The van der Waals surface area contributed by atoms with Gasteiger partial charge in [-0.2, -0.15) is 0 Å². The summed E-state index contributed by atoms with van der Waals surface area (Å²) in [6.07, 6.45) is 9.59. The number of fused-ring (bicyclic) bond motifs is 2. The lowest BCUT2D eigenvalue weighted by Gasteiger charge is -2.48. The number of rotatable bonds is 3. The Morgan fingerprint density at radius 2 is 1.86 bits per heavy atom. The third-order valence-corrected chi connectivity index (χ3v) is 10.1. The minimum absolute atomic E-state index is 0.0289. The number of nitrogens with zero attached hydrogens (tertiary/aromatic N) is 1. The molecule has 5 heteroatoms. The lowest BCUT2D eigenvalue weighted by atomic mass is 9.67. The van der Waals surface area contributed by atoms with Gasteiger partial charge in [0, 0.05) is 36.7 Å². The van der Waals surface area contributed by atoms with Crippen LogP contribution in [-0.4, -0.2) is 43.1 Å². The van der Waals surface area contributed by atoms with Crippen molar-refractivity contribution in [3.63, 3.8) is 0 Å². The van der Waals surface area contributed by atoms with Crippen molar-refractivity contribution in [3.8, 4) is 5.75 Å². The molecular weight excluding hydrogens is 500 g/mol. The molecule has 0 bridgehead atoms. The molecule has 4 atom stereocenters. The van der Waals surface area contributed by atoms with E-state index in [1.54, 1.807) is 0 Å². The number of amides is 1. The van der Waals surface area contributed by atoms with Crippen molar-refractivity contribution in [2.45, 2.75) is 68.7 Å². The fourth-order valence-electron chi connectivity index (χ4n) is 7.61. The van der Waals surface area contributed by atoms with Gasteiger partial charge in [-0.15, -0.1) is 0 Å². The highest BCUT2D eigenvalue weighted by molar-refractivity contribution is 9.10. The Bertz CT molecular complexity index is 1050. The van der Waals surface area contributed by atoms with E-state index in [0.717, 1.165) is 49.1 Å². The summed E-state index contributed by atoms with van der Waals surface area (Å²) < 4.78 is 7.09. The van der Waals surface area contributed by atoms with Gasteiger partial charge in [0.1, 0.15) is 5.75 Å². The lowest BCUT2D eigenvalue weighted by Crippen LogP contribution is -2.55. The van der Waals surface area contributed by atoms with E-state index in [9.17, 15) is 4.79 Å². The van der Waals surface area contributed by atoms with Gasteiger partial charge in [-0.05, 0) is 71.5 Å². The first kappa shape index (κ1) is 23.5. The van der Waals surface area contributed by atoms with E-state index in [2.05, 4.69) is 68.6 Å². The maximum atomic E-state index is 14.5. The number of carbonyl (C=O) groups is 1. The summed E-state index contributed by atoms with van der Waals surface area (Å²) in [5.41, 5.74) is 2.47. The average molecular weight is 538 g/mol. The van der Waals surface area contributed by atoms with Gasteiger partial charge in [0.25, 0.3) is 0 Å². The molecule has 3 fully saturated rings. The van der Waals surface area contributed by atoms with Crippen LogP contribution in [0.2, 0.25) is 0 Å². The number of halogens is 1. The van der Waals surface area contributed by atoms with Crippen LogP contribution < -0.4 is 10.1 Å². The van der Waals surface area contributed by atoms with Crippen molar-refractivity contribution in [2.24, 2.45) is 11.8 Å². The van der Waals surface area contributed by atoms with Crippen molar-refractivity contribution in [1.82, 2.24) is 10.2 Å². The molecule has 4 aliphatic rings.